The first-order valence-electron chi connectivity index (χ1n) is 6.84. The Balaban J connectivity index is 2.29. The van der Waals surface area contributed by atoms with E-state index in [4.69, 9.17) is 10.8 Å². The van der Waals surface area contributed by atoms with Gasteiger partial charge in [0.15, 0.2) is 5.82 Å². The molecule has 0 amide bonds. The van der Waals surface area contributed by atoms with Crippen molar-refractivity contribution in [2.75, 3.05) is 24.2 Å². The zero-order valence-electron chi connectivity index (χ0n) is 11.6. The van der Waals surface area contributed by atoms with E-state index >= 15 is 0 Å². The molecule has 1 aromatic heterocycles. The fourth-order valence-corrected chi connectivity index (χ4v) is 2.28. The molecule has 0 fully saturated rings. The number of aliphatic hydroxyl groups is 1. The summed E-state index contributed by atoms with van der Waals surface area (Å²) in [6.45, 7) is 2.80. The number of hydrogen-bond acceptors (Lipinski definition) is 4. The fraction of sp³-hybridized carbons (Fsp3) is 0.400. The van der Waals surface area contributed by atoms with Crippen LogP contribution in [0.5, 0.6) is 0 Å². The number of nitrogens with zero attached hydrogens (tertiary/aromatic N) is 1. The molecule has 1 aromatic carbocycles. The van der Waals surface area contributed by atoms with Crippen molar-refractivity contribution in [1.82, 2.24) is 4.98 Å². The van der Waals surface area contributed by atoms with E-state index in [9.17, 15) is 4.39 Å². The molecule has 0 aliphatic rings. The van der Waals surface area contributed by atoms with Crippen molar-refractivity contribution in [2.45, 2.75) is 19.8 Å². The Morgan fingerprint density at radius 2 is 2.30 bits per heavy atom. The molecule has 1 atom stereocenters. The molecule has 0 radical (unpaired) electrons. The van der Waals surface area contributed by atoms with Gasteiger partial charge in [0, 0.05) is 30.4 Å². The molecule has 0 aliphatic carbocycles. The zero-order chi connectivity index (χ0) is 14.5. The Kier molecular flexibility index (Phi) is 4.74. The molecule has 4 N–H and O–H groups in total. The number of rotatable bonds is 6. The third kappa shape index (κ3) is 2.99. The number of halogens is 1. The molecule has 0 aliphatic heterocycles. The summed E-state index contributed by atoms with van der Waals surface area (Å²) in [5.74, 6) is -0.0942. The number of aromatic nitrogens is 1. The van der Waals surface area contributed by atoms with Crippen molar-refractivity contribution in [3.63, 3.8) is 0 Å². The molecule has 1 unspecified atom stereocenters. The zero-order valence-corrected chi connectivity index (χ0v) is 11.6. The van der Waals surface area contributed by atoms with Gasteiger partial charge in [0.25, 0.3) is 0 Å². The largest absolute Gasteiger partial charge is 0.398 e. The molecule has 1 heterocycles. The van der Waals surface area contributed by atoms with Gasteiger partial charge in [-0.15, -0.1) is 0 Å². The van der Waals surface area contributed by atoms with Crippen molar-refractivity contribution < 1.29 is 9.50 Å². The minimum atomic E-state index is -0.396. The van der Waals surface area contributed by atoms with Crippen LogP contribution in [0.1, 0.15) is 19.8 Å². The Labute approximate surface area is 117 Å². The van der Waals surface area contributed by atoms with Crippen LogP contribution in [0, 0.1) is 11.7 Å². The molecule has 108 valence electrons. The molecular formula is C15H20FN3O. The lowest BCUT2D eigenvalue weighted by Gasteiger charge is -2.17. The Bertz CT molecular complexity index is 589. The van der Waals surface area contributed by atoms with E-state index in [0.29, 0.717) is 35.8 Å². The van der Waals surface area contributed by atoms with Gasteiger partial charge in [-0.25, -0.2) is 4.39 Å². The van der Waals surface area contributed by atoms with Crippen LogP contribution in [0.2, 0.25) is 0 Å². The van der Waals surface area contributed by atoms with Crippen LogP contribution in [0.3, 0.4) is 0 Å². The Morgan fingerprint density at radius 1 is 1.50 bits per heavy atom. The summed E-state index contributed by atoms with van der Waals surface area (Å²) in [6, 6.07) is 4.92. The second-order valence-corrected chi connectivity index (χ2v) is 4.89. The third-order valence-corrected chi connectivity index (χ3v) is 3.56. The van der Waals surface area contributed by atoms with Crippen LogP contribution in [0.25, 0.3) is 10.9 Å². The topological polar surface area (TPSA) is 71.2 Å². The average Bonchev–Trinajstić information content (AvgIpc) is 2.45. The van der Waals surface area contributed by atoms with Crippen LogP contribution in [-0.4, -0.2) is 23.2 Å². The number of nitrogens with two attached hydrogens (primary N) is 1. The van der Waals surface area contributed by atoms with Crippen molar-refractivity contribution in [1.29, 1.82) is 0 Å². The van der Waals surface area contributed by atoms with Gasteiger partial charge in [0.1, 0.15) is 0 Å². The van der Waals surface area contributed by atoms with E-state index in [1.807, 2.05) is 6.07 Å². The van der Waals surface area contributed by atoms with Crippen LogP contribution in [0.4, 0.5) is 15.8 Å². The standard InChI is InChI=1S/C15H20FN3O/c1-2-10(5-7-20)9-19-15-12(16)8-13(17)11-4-3-6-18-14(11)15/h3-4,6,8,10,19-20H,2,5,7,9,17H2,1H3. The lowest BCUT2D eigenvalue weighted by Crippen LogP contribution is -2.16. The predicted octanol–water partition coefficient (Wildman–Crippen LogP) is 2.78. The molecule has 20 heavy (non-hydrogen) atoms. The van der Waals surface area contributed by atoms with Crippen molar-refractivity contribution in [3.05, 3.63) is 30.2 Å². The number of anilines is 2. The van der Waals surface area contributed by atoms with Gasteiger partial charge < -0.3 is 16.2 Å². The maximum Gasteiger partial charge on any atom is 0.150 e. The van der Waals surface area contributed by atoms with E-state index in [1.165, 1.54) is 6.07 Å². The van der Waals surface area contributed by atoms with Crippen LogP contribution in [0.15, 0.2) is 24.4 Å². The van der Waals surface area contributed by atoms with Crippen molar-refractivity contribution >= 4 is 22.3 Å². The molecule has 2 rings (SSSR count). The normalized spacial score (nSPS) is 12.6. The highest BCUT2D eigenvalue weighted by molar-refractivity contribution is 5.98. The Hall–Kier alpha value is -1.88. The average molecular weight is 277 g/mol. The lowest BCUT2D eigenvalue weighted by molar-refractivity contribution is 0.258. The number of benzene rings is 1. The van der Waals surface area contributed by atoms with Gasteiger partial charge in [0.05, 0.1) is 11.2 Å². The van der Waals surface area contributed by atoms with Gasteiger partial charge >= 0.3 is 0 Å². The maximum absolute atomic E-state index is 14.1. The van der Waals surface area contributed by atoms with E-state index in [1.54, 1.807) is 12.3 Å². The summed E-state index contributed by atoms with van der Waals surface area (Å²) in [5, 5.41) is 12.9. The first kappa shape index (κ1) is 14.5. The number of nitrogens with one attached hydrogen (secondary N) is 1. The van der Waals surface area contributed by atoms with Crippen molar-refractivity contribution in [2.24, 2.45) is 5.92 Å². The summed E-state index contributed by atoms with van der Waals surface area (Å²) in [6.07, 6.45) is 3.25. The van der Waals surface area contributed by atoms with Gasteiger partial charge in [-0.05, 0) is 30.5 Å². The fourth-order valence-electron chi connectivity index (χ4n) is 2.28. The van der Waals surface area contributed by atoms with E-state index in [-0.39, 0.29) is 6.61 Å². The third-order valence-electron chi connectivity index (χ3n) is 3.56. The second-order valence-electron chi connectivity index (χ2n) is 4.89. The summed E-state index contributed by atoms with van der Waals surface area (Å²) in [4.78, 5) is 4.22. The maximum atomic E-state index is 14.1. The first-order chi connectivity index (χ1) is 9.67. The monoisotopic (exact) mass is 277 g/mol. The quantitative estimate of drug-likeness (QED) is 0.710. The molecule has 4 nitrogen and oxygen atoms in total. The lowest BCUT2D eigenvalue weighted by atomic mass is 10.0. The summed E-state index contributed by atoms with van der Waals surface area (Å²) >= 11 is 0. The van der Waals surface area contributed by atoms with Gasteiger partial charge in [-0.1, -0.05) is 13.3 Å². The number of fused-ring (bicyclic) bond motifs is 1. The minimum Gasteiger partial charge on any atom is -0.398 e. The van der Waals surface area contributed by atoms with E-state index in [2.05, 4.69) is 17.2 Å². The van der Waals surface area contributed by atoms with Gasteiger partial charge in [0.2, 0.25) is 0 Å². The molecule has 5 heteroatoms. The number of pyridine rings is 1. The smallest absolute Gasteiger partial charge is 0.150 e. The molecule has 0 saturated carbocycles. The van der Waals surface area contributed by atoms with Crippen molar-refractivity contribution in [3.8, 4) is 0 Å². The first-order valence-corrected chi connectivity index (χ1v) is 6.84. The van der Waals surface area contributed by atoms with Crippen LogP contribution >= 0.6 is 0 Å². The summed E-state index contributed by atoms with van der Waals surface area (Å²) < 4.78 is 14.1. The summed E-state index contributed by atoms with van der Waals surface area (Å²) in [7, 11) is 0. The Morgan fingerprint density at radius 3 is 3.00 bits per heavy atom. The minimum absolute atomic E-state index is 0.142. The number of hydrogen-bond donors (Lipinski definition) is 3. The molecular weight excluding hydrogens is 257 g/mol. The van der Waals surface area contributed by atoms with Gasteiger partial charge in [-0.2, -0.15) is 0 Å². The molecule has 0 saturated heterocycles. The van der Waals surface area contributed by atoms with E-state index in [0.717, 1.165) is 11.8 Å². The SMILES string of the molecule is CCC(CCO)CNc1c(F)cc(N)c2cccnc12. The van der Waals surface area contributed by atoms with Crippen LogP contribution in [-0.2, 0) is 0 Å². The highest BCUT2D eigenvalue weighted by Gasteiger charge is 2.13. The highest BCUT2D eigenvalue weighted by atomic mass is 19.1. The number of nitrogen functional groups attached to an aromatic ring is 1. The molecule has 0 bridgehead atoms. The summed E-state index contributed by atoms with van der Waals surface area (Å²) in [5.41, 5.74) is 7.13. The molecule has 2 aromatic rings. The molecule has 0 spiro atoms. The van der Waals surface area contributed by atoms with Gasteiger partial charge in [-0.3, -0.25) is 4.98 Å². The predicted molar refractivity (Wildman–Crippen MR) is 80.1 cm³/mol. The highest BCUT2D eigenvalue weighted by Crippen LogP contribution is 2.29. The number of aliphatic hydroxyl groups excluding tert-OH is 1. The second kappa shape index (κ2) is 6.52. The van der Waals surface area contributed by atoms with Crippen LogP contribution < -0.4 is 11.1 Å². The van der Waals surface area contributed by atoms with E-state index < -0.39 is 5.82 Å².